The predicted octanol–water partition coefficient (Wildman–Crippen LogP) is 3.65. The molecular weight excluding hydrogens is 260 g/mol. The van der Waals surface area contributed by atoms with Crippen LogP contribution >= 0.6 is 0 Å². The fourth-order valence-electron chi connectivity index (χ4n) is 2.23. The summed E-state index contributed by atoms with van der Waals surface area (Å²) in [6.45, 7) is 6.26. The van der Waals surface area contributed by atoms with Gasteiger partial charge in [0.25, 0.3) is 0 Å². The first-order valence-electron chi connectivity index (χ1n) is 6.36. The van der Waals surface area contributed by atoms with Crippen LogP contribution in [0.5, 0.6) is 5.75 Å². The first kappa shape index (κ1) is 14.0. The quantitative estimate of drug-likeness (QED) is 0.801. The molecule has 0 bridgehead atoms. The van der Waals surface area contributed by atoms with Crippen molar-refractivity contribution in [3.63, 3.8) is 0 Å². The molecule has 0 saturated heterocycles. The van der Waals surface area contributed by atoms with Crippen molar-refractivity contribution >= 4 is 11.4 Å². The lowest BCUT2D eigenvalue weighted by Gasteiger charge is -2.08. The summed E-state index contributed by atoms with van der Waals surface area (Å²) in [4.78, 5) is 0. The van der Waals surface area contributed by atoms with Crippen molar-refractivity contribution in [1.82, 2.24) is 0 Å². The third kappa shape index (κ3) is 2.96. The largest absolute Gasteiger partial charge is 0.740 e. The third-order valence-electron chi connectivity index (χ3n) is 3.27. The van der Waals surface area contributed by atoms with E-state index in [1.54, 1.807) is 0 Å². The van der Waals surface area contributed by atoms with Crippen LogP contribution in [-0.2, 0) is 17.8 Å². The highest BCUT2D eigenvalue weighted by Crippen LogP contribution is 2.39. The number of rotatable bonds is 4. The Kier molecular flexibility index (Phi) is 4.22. The minimum atomic E-state index is -2.54. The Morgan fingerprint density at radius 1 is 1.26 bits per heavy atom. The van der Waals surface area contributed by atoms with Gasteiger partial charge in [-0.2, -0.15) is 0 Å². The van der Waals surface area contributed by atoms with E-state index in [-0.39, 0.29) is 0 Å². The van der Waals surface area contributed by atoms with Crippen LogP contribution in [0.2, 0.25) is 0 Å². The zero-order chi connectivity index (χ0) is 14.0. The Balaban J connectivity index is 2.62. The fourth-order valence-corrected chi connectivity index (χ4v) is 2.51. The normalized spacial score (nSPS) is 12.9. The maximum absolute atomic E-state index is 10.8. The molecule has 0 amide bonds. The van der Waals surface area contributed by atoms with Crippen molar-refractivity contribution in [2.24, 2.45) is 0 Å². The highest BCUT2D eigenvalue weighted by atomic mass is 32.2. The van der Waals surface area contributed by atoms with Crippen LogP contribution in [0.1, 0.15) is 37.8 Å². The maximum atomic E-state index is 10.8. The number of fused-ring (bicyclic) bond motifs is 1. The summed E-state index contributed by atoms with van der Waals surface area (Å²) in [6.07, 6.45) is 0.840. The van der Waals surface area contributed by atoms with Crippen LogP contribution in [0, 0.1) is 0 Å². The van der Waals surface area contributed by atoms with Crippen molar-refractivity contribution in [3.05, 3.63) is 41.5 Å². The second-order valence-electron chi connectivity index (χ2n) is 4.83. The molecule has 0 heterocycles. The van der Waals surface area contributed by atoms with Gasteiger partial charge < -0.3 is 8.74 Å². The van der Waals surface area contributed by atoms with Gasteiger partial charge in [0.05, 0.1) is 0 Å². The zero-order valence-corrected chi connectivity index (χ0v) is 12.1. The van der Waals surface area contributed by atoms with E-state index in [9.17, 15) is 8.76 Å². The van der Waals surface area contributed by atoms with E-state index in [4.69, 9.17) is 4.18 Å². The molecular formula is C15H17O3S-. The summed E-state index contributed by atoms with van der Waals surface area (Å²) in [7, 11) is 0. The van der Waals surface area contributed by atoms with Gasteiger partial charge in [0.2, 0.25) is 0 Å². The SMILES string of the molecule is CCc1cc(OS(=O)[O-])c2cc(C(C)C)cccc1-2. The Morgan fingerprint density at radius 2 is 2.00 bits per heavy atom. The third-order valence-corrected chi connectivity index (χ3v) is 3.59. The summed E-state index contributed by atoms with van der Waals surface area (Å²) < 4.78 is 26.5. The van der Waals surface area contributed by atoms with E-state index in [1.807, 2.05) is 31.2 Å². The molecule has 2 aliphatic rings. The van der Waals surface area contributed by atoms with Crippen LogP contribution in [0.4, 0.5) is 0 Å². The lowest BCUT2D eigenvalue weighted by molar-refractivity contribution is 0.441. The molecule has 0 saturated carbocycles. The van der Waals surface area contributed by atoms with Gasteiger partial charge in [-0.05, 0) is 41.2 Å². The highest BCUT2D eigenvalue weighted by Gasteiger charge is 2.16. The molecule has 0 aromatic heterocycles. The van der Waals surface area contributed by atoms with E-state index in [1.165, 1.54) is 0 Å². The second kappa shape index (κ2) is 5.72. The Hall–Kier alpha value is -1.39. The monoisotopic (exact) mass is 277 g/mol. The van der Waals surface area contributed by atoms with Crippen LogP contribution in [-0.4, -0.2) is 8.76 Å². The first-order valence-corrected chi connectivity index (χ1v) is 7.36. The molecule has 0 aromatic rings. The van der Waals surface area contributed by atoms with Gasteiger partial charge in [-0.25, -0.2) is 4.21 Å². The average molecular weight is 277 g/mol. The maximum Gasteiger partial charge on any atom is 0.147 e. The van der Waals surface area contributed by atoms with Gasteiger partial charge in [0.1, 0.15) is 17.1 Å². The number of hydrogen-bond acceptors (Lipinski definition) is 3. The van der Waals surface area contributed by atoms with Crippen LogP contribution in [0.3, 0.4) is 0 Å². The van der Waals surface area contributed by atoms with Crippen molar-refractivity contribution in [2.45, 2.75) is 33.1 Å². The van der Waals surface area contributed by atoms with Crippen molar-refractivity contribution in [3.8, 4) is 16.9 Å². The van der Waals surface area contributed by atoms with E-state index >= 15 is 0 Å². The van der Waals surface area contributed by atoms with Gasteiger partial charge in [-0.15, -0.1) is 0 Å². The van der Waals surface area contributed by atoms with Gasteiger partial charge in [0.15, 0.2) is 0 Å². The molecule has 0 N–H and O–H groups in total. The summed E-state index contributed by atoms with van der Waals surface area (Å²) in [5, 5.41) is 0. The molecule has 0 spiro atoms. The molecule has 1 unspecified atom stereocenters. The summed E-state index contributed by atoms with van der Waals surface area (Å²) in [5.74, 6) is 0.791. The van der Waals surface area contributed by atoms with Gasteiger partial charge in [-0.3, -0.25) is 0 Å². The van der Waals surface area contributed by atoms with Crippen molar-refractivity contribution in [2.75, 3.05) is 0 Å². The molecule has 3 nitrogen and oxygen atoms in total. The predicted molar refractivity (Wildman–Crippen MR) is 76.1 cm³/mol. The van der Waals surface area contributed by atoms with Crippen LogP contribution in [0.15, 0.2) is 30.3 Å². The molecule has 0 fully saturated rings. The summed E-state index contributed by atoms with van der Waals surface area (Å²) >= 11 is -2.54. The van der Waals surface area contributed by atoms with Crippen molar-refractivity contribution < 1.29 is 12.9 Å². The minimum Gasteiger partial charge on any atom is -0.740 e. The molecule has 0 aromatic carbocycles. The molecule has 19 heavy (non-hydrogen) atoms. The van der Waals surface area contributed by atoms with Crippen LogP contribution < -0.4 is 4.18 Å². The molecule has 2 rings (SSSR count). The topological polar surface area (TPSA) is 49.4 Å². The Bertz CT molecular complexity index is 578. The summed E-state index contributed by atoms with van der Waals surface area (Å²) in [5.41, 5.74) is 4.16. The number of hydrogen-bond donors (Lipinski definition) is 0. The average Bonchev–Trinajstić information content (AvgIpc) is 2.54. The molecule has 1 atom stereocenters. The lowest BCUT2D eigenvalue weighted by atomic mass is 10.0. The summed E-state index contributed by atoms with van der Waals surface area (Å²) in [6, 6.07) is 9.91. The highest BCUT2D eigenvalue weighted by molar-refractivity contribution is 7.74. The minimum absolute atomic E-state index is 0.376. The molecule has 0 radical (unpaired) electrons. The smallest absolute Gasteiger partial charge is 0.147 e. The van der Waals surface area contributed by atoms with Crippen LogP contribution in [0.25, 0.3) is 11.1 Å². The van der Waals surface area contributed by atoms with E-state index in [0.717, 1.165) is 28.7 Å². The first-order chi connectivity index (χ1) is 9.02. The number of aryl methyl sites for hydroxylation is 1. The Morgan fingerprint density at radius 3 is 2.58 bits per heavy atom. The molecule has 0 aliphatic heterocycles. The Labute approximate surface area is 116 Å². The fraction of sp³-hybridized carbons (Fsp3) is 0.333. The van der Waals surface area contributed by atoms with Gasteiger partial charge >= 0.3 is 0 Å². The van der Waals surface area contributed by atoms with E-state index in [2.05, 4.69) is 19.9 Å². The molecule has 4 heteroatoms. The standard InChI is InChI=1S/C15H18O3S/c1-4-11-9-15(18-19(16)17)14-8-12(10(2)3)6-5-7-13(11)14/h5-10H,4H2,1-3H3,(H,16,17)/p-1. The lowest BCUT2D eigenvalue weighted by Crippen LogP contribution is -1.97. The van der Waals surface area contributed by atoms with E-state index < -0.39 is 11.4 Å². The second-order valence-corrected chi connectivity index (χ2v) is 5.40. The molecule has 102 valence electrons. The van der Waals surface area contributed by atoms with Crippen molar-refractivity contribution in [1.29, 1.82) is 0 Å². The van der Waals surface area contributed by atoms with E-state index in [0.29, 0.717) is 11.7 Å². The van der Waals surface area contributed by atoms with Gasteiger partial charge in [-0.1, -0.05) is 39.0 Å². The van der Waals surface area contributed by atoms with Gasteiger partial charge in [0, 0.05) is 5.56 Å². The molecule has 2 aliphatic carbocycles. The zero-order valence-electron chi connectivity index (χ0n) is 11.3.